The summed E-state index contributed by atoms with van der Waals surface area (Å²) in [7, 11) is -2.23. The van der Waals surface area contributed by atoms with Crippen LogP contribution in [0.1, 0.15) is 32.3 Å². The molecule has 0 bridgehead atoms. The maximum absolute atomic E-state index is 11.8. The number of carbonyl (C=O) groups excluding carboxylic acids is 1. The summed E-state index contributed by atoms with van der Waals surface area (Å²) in [6.07, 6.45) is 1.04. The number of benzene rings is 1. The van der Waals surface area contributed by atoms with Crippen LogP contribution in [0.4, 0.5) is 0 Å². The zero-order valence-electron chi connectivity index (χ0n) is 13.6. The Morgan fingerprint density at radius 1 is 1.23 bits per heavy atom. The SMILES string of the molecule is CC.CN.Cc1ccc(S(=O)(=O)OCC2CCC(=O)N2)cc1. The quantitative estimate of drug-likeness (QED) is 0.817. The molecule has 2 rings (SSSR count). The van der Waals surface area contributed by atoms with Gasteiger partial charge in [0.1, 0.15) is 0 Å². The summed E-state index contributed by atoms with van der Waals surface area (Å²) in [6.45, 7) is 5.87. The minimum atomic E-state index is -3.73. The lowest BCUT2D eigenvalue weighted by atomic mass is 10.2. The molecular formula is C15H26N2O4S. The standard InChI is InChI=1S/C12H15NO4S.C2H6.CH5N/c1-9-2-5-11(6-3-9)18(15,16)17-8-10-4-7-12(14)13-10;2*1-2/h2-3,5-6,10H,4,7-8H2,1H3,(H,13,14);1-2H3;2H2,1H3. The van der Waals surface area contributed by atoms with Crippen molar-refractivity contribution in [3.05, 3.63) is 29.8 Å². The van der Waals surface area contributed by atoms with E-state index in [0.717, 1.165) is 5.56 Å². The Bertz CT molecular complexity index is 541. The van der Waals surface area contributed by atoms with Gasteiger partial charge in [-0.05, 0) is 32.5 Å². The third-order valence-electron chi connectivity index (χ3n) is 2.82. The zero-order valence-corrected chi connectivity index (χ0v) is 14.4. The van der Waals surface area contributed by atoms with E-state index < -0.39 is 10.1 Å². The Kier molecular flexibility index (Phi) is 9.64. The molecule has 0 spiro atoms. The van der Waals surface area contributed by atoms with Gasteiger partial charge < -0.3 is 11.1 Å². The van der Waals surface area contributed by atoms with Gasteiger partial charge in [-0.2, -0.15) is 8.42 Å². The first-order chi connectivity index (χ1) is 10.5. The highest BCUT2D eigenvalue weighted by atomic mass is 32.2. The topological polar surface area (TPSA) is 98.5 Å². The number of amides is 1. The largest absolute Gasteiger partial charge is 0.351 e. The Morgan fingerprint density at radius 3 is 2.23 bits per heavy atom. The highest BCUT2D eigenvalue weighted by Crippen LogP contribution is 2.15. The molecular weight excluding hydrogens is 304 g/mol. The number of hydrogen-bond donors (Lipinski definition) is 2. The molecule has 6 nitrogen and oxygen atoms in total. The summed E-state index contributed by atoms with van der Waals surface area (Å²) in [6, 6.07) is 6.24. The molecule has 1 aliphatic heterocycles. The van der Waals surface area contributed by atoms with Gasteiger partial charge in [0.25, 0.3) is 10.1 Å². The lowest BCUT2D eigenvalue weighted by Gasteiger charge is -2.10. The first-order valence-electron chi connectivity index (χ1n) is 7.30. The van der Waals surface area contributed by atoms with Crippen LogP contribution in [0, 0.1) is 6.92 Å². The second-order valence-electron chi connectivity index (χ2n) is 4.35. The Morgan fingerprint density at radius 2 is 1.77 bits per heavy atom. The number of nitrogens with two attached hydrogens (primary N) is 1. The molecule has 1 saturated heterocycles. The summed E-state index contributed by atoms with van der Waals surface area (Å²) in [4.78, 5) is 11.1. The van der Waals surface area contributed by atoms with Gasteiger partial charge in [-0.15, -0.1) is 0 Å². The van der Waals surface area contributed by atoms with Crippen molar-refractivity contribution in [2.45, 2.75) is 44.6 Å². The van der Waals surface area contributed by atoms with Crippen molar-refractivity contribution in [3.63, 3.8) is 0 Å². The molecule has 1 heterocycles. The van der Waals surface area contributed by atoms with Crippen LogP contribution in [0.3, 0.4) is 0 Å². The molecule has 7 heteroatoms. The first-order valence-corrected chi connectivity index (χ1v) is 8.71. The summed E-state index contributed by atoms with van der Waals surface area (Å²) in [5.74, 6) is -0.0590. The molecule has 126 valence electrons. The second-order valence-corrected chi connectivity index (χ2v) is 5.97. The van der Waals surface area contributed by atoms with Crippen molar-refractivity contribution >= 4 is 16.0 Å². The van der Waals surface area contributed by atoms with Crippen molar-refractivity contribution in [2.24, 2.45) is 5.73 Å². The van der Waals surface area contributed by atoms with Crippen LogP contribution in [0.25, 0.3) is 0 Å². The van der Waals surface area contributed by atoms with E-state index in [-0.39, 0.29) is 23.5 Å². The average Bonchev–Trinajstić information content (AvgIpc) is 2.96. The minimum Gasteiger partial charge on any atom is -0.351 e. The van der Waals surface area contributed by atoms with Crippen molar-refractivity contribution in [1.29, 1.82) is 0 Å². The Balaban J connectivity index is 0.00000102. The Hall–Kier alpha value is -1.44. The van der Waals surface area contributed by atoms with Crippen LogP contribution >= 0.6 is 0 Å². The third kappa shape index (κ3) is 6.55. The fourth-order valence-corrected chi connectivity index (χ4v) is 2.70. The molecule has 1 aromatic carbocycles. The summed E-state index contributed by atoms with van der Waals surface area (Å²) >= 11 is 0. The van der Waals surface area contributed by atoms with E-state index in [9.17, 15) is 13.2 Å². The molecule has 0 aliphatic carbocycles. The summed E-state index contributed by atoms with van der Waals surface area (Å²) in [5.41, 5.74) is 5.48. The second kappa shape index (κ2) is 10.3. The van der Waals surface area contributed by atoms with E-state index in [1.54, 1.807) is 12.1 Å². The van der Waals surface area contributed by atoms with E-state index in [0.29, 0.717) is 12.8 Å². The van der Waals surface area contributed by atoms with Gasteiger partial charge in [0.05, 0.1) is 17.5 Å². The zero-order chi connectivity index (χ0) is 17.2. The van der Waals surface area contributed by atoms with Crippen LogP contribution in [-0.2, 0) is 19.1 Å². The molecule has 3 N–H and O–H groups in total. The molecule has 1 amide bonds. The fourth-order valence-electron chi connectivity index (χ4n) is 1.75. The molecule has 0 saturated carbocycles. The highest BCUT2D eigenvalue weighted by molar-refractivity contribution is 7.86. The van der Waals surface area contributed by atoms with E-state index in [1.807, 2.05) is 20.8 Å². The van der Waals surface area contributed by atoms with Gasteiger partial charge >= 0.3 is 0 Å². The normalized spacial score (nSPS) is 16.8. The maximum atomic E-state index is 11.8. The van der Waals surface area contributed by atoms with Crippen molar-refractivity contribution in [1.82, 2.24) is 5.32 Å². The molecule has 1 fully saturated rings. The lowest BCUT2D eigenvalue weighted by molar-refractivity contribution is -0.119. The molecule has 1 atom stereocenters. The fraction of sp³-hybridized carbons (Fsp3) is 0.533. The summed E-state index contributed by atoms with van der Waals surface area (Å²) < 4.78 is 28.6. The van der Waals surface area contributed by atoms with Gasteiger partial charge in [-0.25, -0.2) is 0 Å². The van der Waals surface area contributed by atoms with Crippen LogP contribution in [0.5, 0.6) is 0 Å². The smallest absolute Gasteiger partial charge is 0.297 e. The minimum absolute atomic E-state index is 0.0120. The van der Waals surface area contributed by atoms with E-state index >= 15 is 0 Å². The Labute approximate surface area is 133 Å². The van der Waals surface area contributed by atoms with Crippen molar-refractivity contribution < 1.29 is 17.4 Å². The lowest BCUT2D eigenvalue weighted by Crippen LogP contribution is -2.30. The van der Waals surface area contributed by atoms with Gasteiger partial charge in [-0.1, -0.05) is 31.5 Å². The maximum Gasteiger partial charge on any atom is 0.297 e. The highest BCUT2D eigenvalue weighted by Gasteiger charge is 2.24. The van der Waals surface area contributed by atoms with Gasteiger partial charge in [0.2, 0.25) is 5.91 Å². The average molecular weight is 330 g/mol. The molecule has 0 radical (unpaired) electrons. The van der Waals surface area contributed by atoms with Gasteiger partial charge in [0.15, 0.2) is 0 Å². The summed E-state index contributed by atoms with van der Waals surface area (Å²) in [5, 5.41) is 2.66. The van der Waals surface area contributed by atoms with E-state index in [2.05, 4.69) is 11.1 Å². The predicted molar refractivity (Wildman–Crippen MR) is 86.9 cm³/mol. The monoisotopic (exact) mass is 330 g/mol. The molecule has 1 unspecified atom stereocenters. The molecule has 22 heavy (non-hydrogen) atoms. The van der Waals surface area contributed by atoms with E-state index in [1.165, 1.54) is 19.2 Å². The van der Waals surface area contributed by atoms with Crippen LogP contribution in [0.2, 0.25) is 0 Å². The number of rotatable bonds is 4. The number of carbonyl (C=O) groups is 1. The number of aryl methyl sites for hydroxylation is 1. The molecule has 0 aromatic heterocycles. The third-order valence-corrected chi connectivity index (χ3v) is 4.11. The first kappa shape index (κ1) is 20.6. The van der Waals surface area contributed by atoms with Crippen molar-refractivity contribution in [2.75, 3.05) is 13.7 Å². The number of hydrogen-bond acceptors (Lipinski definition) is 5. The van der Waals surface area contributed by atoms with Crippen LogP contribution in [0.15, 0.2) is 29.2 Å². The van der Waals surface area contributed by atoms with Gasteiger partial charge in [-0.3, -0.25) is 8.98 Å². The van der Waals surface area contributed by atoms with E-state index in [4.69, 9.17) is 4.18 Å². The number of nitrogens with one attached hydrogen (secondary N) is 1. The van der Waals surface area contributed by atoms with Crippen LogP contribution < -0.4 is 11.1 Å². The van der Waals surface area contributed by atoms with Crippen LogP contribution in [-0.4, -0.2) is 34.0 Å². The van der Waals surface area contributed by atoms with Crippen molar-refractivity contribution in [3.8, 4) is 0 Å². The predicted octanol–water partition coefficient (Wildman–Crippen LogP) is 1.58. The molecule has 1 aliphatic rings. The molecule has 1 aromatic rings. The van der Waals surface area contributed by atoms with Gasteiger partial charge in [0, 0.05) is 6.42 Å².